The molecular formula is C18H21ClN4O3. The van der Waals surface area contributed by atoms with E-state index in [4.69, 9.17) is 11.6 Å². The molecule has 1 saturated heterocycles. The molecule has 1 aliphatic rings. The van der Waals surface area contributed by atoms with Crippen LogP contribution < -0.4 is 0 Å². The number of rotatable bonds is 5. The van der Waals surface area contributed by atoms with E-state index in [1.807, 2.05) is 26.0 Å². The lowest BCUT2D eigenvalue weighted by atomic mass is 9.99. The van der Waals surface area contributed by atoms with Crippen molar-refractivity contribution in [2.45, 2.75) is 26.7 Å². The Morgan fingerprint density at radius 1 is 1.35 bits per heavy atom. The molecule has 8 heteroatoms. The molecule has 0 bridgehead atoms. The van der Waals surface area contributed by atoms with Crippen molar-refractivity contribution in [3.05, 3.63) is 40.7 Å². The van der Waals surface area contributed by atoms with Gasteiger partial charge in [-0.05, 0) is 30.5 Å². The molecule has 1 N–H and O–H groups in total. The minimum atomic E-state index is -0.871. The van der Waals surface area contributed by atoms with Gasteiger partial charge in [-0.2, -0.15) is 0 Å². The molecule has 0 aliphatic carbocycles. The van der Waals surface area contributed by atoms with Gasteiger partial charge in [0.15, 0.2) is 5.69 Å². The molecule has 1 aliphatic heterocycles. The third-order valence-electron chi connectivity index (χ3n) is 4.72. The number of amides is 1. The van der Waals surface area contributed by atoms with E-state index < -0.39 is 11.9 Å². The van der Waals surface area contributed by atoms with Crippen LogP contribution in [0.2, 0.25) is 5.02 Å². The molecule has 0 radical (unpaired) electrons. The predicted molar refractivity (Wildman–Crippen MR) is 96.6 cm³/mol. The Hall–Kier alpha value is -2.41. The maximum atomic E-state index is 13.0. The summed E-state index contributed by atoms with van der Waals surface area (Å²) in [7, 11) is 0. The first-order chi connectivity index (χ1) is 12.4. The van der Waals surface area contributed by atoms with Gasteiger partial charge in [0, 0.05) is 18.1 Å². The molecule has 138 valence electrons. The average molecular weight is 377 g/mol. The van der Waals surface area contributed by atoms with Gasteiger partial charge in [-0.25, -0.2) is 4.68 Å². The molecule has 3 rings (SSSR count). The van der Waals surface area contributed by atoms with E-state index in [9.17, 15) is 14.7 Å². The normalized spacial score (nSPS) is 19.7. The van der Waals surface area contributed by atoms with Crippen LogP contribution in [0.5, 0.6) is 0 Å². The van der Waals surface area contributed by atoms with E-state index in [1.165, 1.54) is 0 Å². The van der Waals surface area contributed by atoms with Crippen molar-refractivity contribution in [2.75, 3.05) is 13.1 Å². The second-order valence-corrected chi connectivity index (χ2v) is 7.10. The van der Waals surface area contributed by atoms with Gasteiger partial charge in [0.25, 0.3) is 5.91 Å². The number of benzene rings is 1. The molecule has 0 saturated carbocycles. The molecule has 2 aromatic rings. The predicted octanol–water partition coefficient (Wildman–Crippen LogP) is 2.67. The Kier molecular flexibility index (Phi) is 5.27. The summed E-state index contributed by atoms with van der Waals surface area (Å²) in [5, 5.41) is 18.1. The minimum absolute atomic E-state index is 0.0888. The van der Waals surface area contributed by atoms with Crippen molar-refractivity contribution >= 4 is 23.5 Å². The number of carbonyl (C=O) groups is 2. The summed E-state index contributed by atoms with van der Waals surface area (Å²) in [6, 6.07) is 7.20. The van der Waals surface area contributed by atoms with E-state index in [2.05, 4.69) is 10.3 Å². The number of hydrogen-bond acceptors (Lipinski definition) is 4. The van der Waals surface area contributed by atoms with Crippen LogP contribution >= 0.6 is 11.6 Å². The van der Waals surface area contributed by atoms with E-state index in [-0.39, 0.29) is 24.1 Å². The largest absolute Gasteiger partial charge is 0.481 e. The van der Waals surface area contributed by atoms with Gasteiger partial charge in [-0.1, -0.05) is 43.1 Å². The Bertz CT molecular complexity index is 836. The highest BCUT2D eigenvalue weighted by molar-refractivity contribution is 6.30. The van der Waals surface area contributed by atoms with E-state index in [1.54, 1.807) is 21.7 Å². The van der Waals surface area contributed by atoms with Crippen LogP contribution in [-0.4, -0.2) is 50.0 Å². The molecule has 7 nitrogen and oxygen atoms in total. The number of hydrogen-bond donors (Lipinski definition) is 1. The smallest absolute Gasteiger partial charge is 0.308 e. The lowest BCUT2D eigenvalue weighted by Gasteiger charge is -2.15. The second-order valence-electron chi connectivity index (χ2n) is 6.66. The van der Waals surface area contributed by atoms with Crippen molar-refractivity contribution in [1.29, 1.82) is 0 Å². The fourth-order valence-corrected chi connectivity index (χ4v) is 3.53. The minimum Gasteiger partial charge on any atom is -0.481 e. The van der Waals surface area contributed by atoms with Crippen molar-refractivity contribution < 1.29 is 14.7 Å². The Labute approximate surface area is 156 Å². The fourth-order valence-electron chi connectivity index (χ4n) is 3.35. The lowest BCUT2D eigenvalue weighted by Crippen LogP contribution is -2.31. The van der Waals surface area contributed by atoms with Crippen LogP contribution in [0, 0.1) is 11.8 Å². The fraction of sp³-hybridized carbons (Fsp3) is 0.444. The monoisotopic (exact) mass is 376 g/mol. The molecule has 2 atom stereocenters. The summed E-state index contributed by atoms with van der Waals surface area (Å²) >= 11 is 6.07. The zero-order chi connectivity index (χ0) is 18.8. The highest BCUT2D eigenvalue weighted by Crippen LogP contribution is 2.26. The first kappa shape index (κ1) is 18.4. The van der Waals surface area contributed by atoms with Crippen LogP contribution in [0.1, 0.15) is 36.5 Å². The molecule has 26 heavy (non-hydrogen) atoms. The third kappa shape index (κ3) is 3.44. The molecule has 1 fully saturated rings. The molecule has 1 aromatic heterocycles. The van der Waals surface area contributed by atoms with Gasteiger partial charge >= 0.3 is 5.97 Å². The van der Waals surface area contributed by atoms with Crippen molar-refractivity contribution in [1.82, 2.24) is 19.9 Å². The standard InChI is InChI=1S/C18H21ClN4O3/c1-3-5-15-16(17(24)22-9-11(2)14(10-22)18(25)26)20-21-23(15)13-7-4-6-12(19)8-13/h4,6-8,11,14H,3,5,9-10H2,1-2H3,(H,25,26)/t11-,14-/m1/s1. The summed E-state index contributed by atoms with van der Waals surface area (Å²) in [6.45, 7) is 4.47. The molecule has 0 unspecified atom stereocenters. The second kappa shape index (κ2) is 7.45. The SMILES string of the molecule is CCCc1c(C(=O)N2C[C@@H](C)[C@H](C(=O)O)C2)nnn1-c1cccc(Cl)c1. The number of aromatic nitrogens is 3. The summed E-state index contributed by atoms with van der Waals surface area (Å²) in [6.07, 6.45) is 1.45. The van der Waals surface area contributed by atoms with Gasteiger partial charge in [0.05, 0.1) is 17.3 Å². The van der Waals surface area contributed by atoms with E-state index in [0.29, 0.717) is 23.7 Å². The van der Waals surface area contributed by atoms with Gasteiger partial charge in [0.2, 0.25) is 0 Å². The van der Waals surface area contributed by atoms with Crippen LogP contribution in [0.15, 0.2) is 24.3 Å². The highest BCUT2D eigenvalue weighted by Gasteiger charge is 2.38. The number of aliphatic carboxylic acids is 1. The lowest BCUT2D eigenvalue weighted by molar-refractivity contribution is -0.142. The van der Waals surface area contributed by atoms with Crippen molar-refractivity contribution in [3.8, 4) is 5.69 Å². The first-order valence-electron chi connectivity index (χ1n) is 8.65. The van der Waals surface area contributed by atoms with Crippen LogP contribution in [0.3, 0.4) is 0 Å². The Balaban J connectivity index is 1.93. The number of carbonyl (C=O) groups excluding carboxylic acids is 1. The van der Waals surface area contributed by atoms with E-state index >= 15 is 0 Å². The molecule has 0 spiro atoms. The quantitative estimate of drug-likeness (QED) is 0.866. The average Bonchev–Trinajstić information content (AvgIpc) is 3.18. The first-order valence-corrected chi connectivity index (χ1v) is 9.02. The number of carboxylic acid groups (broad SMARTS) is 1. The molecule has 1 aromatic carbocycles. The van der Waals surface area contributed by atoms with E-state index in [0.717, 1.165) is 12.1 Å². The zero-order valence-corrected chi connectivity index (χ0v) is 15.5. The van der Waals surface area contributed by atoms with Crippen LogP contribution in [0.4, 0.5) is 0 Å². The van der Waals surface area contributed by atoms with Gasteiger partial charge in [-0.15, -0.1) is 5.10 Å². The van der Waals surface area contributed by atoms with Gasteiger partial charge in [0.1, 0.15) is 0 Å². The van der Waals surface area contributed by atoms with Crippen LogP contribution in [-0.2, 0) is 11.2 Å². The molecule has 1 amide bonds. The maximum Gasteiger partial charge on any atom is 0.308 e. The summed E-state index contributed by atoms with van der Waals surface area (Å²) in [5.41, 5.74) is 1.74. The summed E-state index contributed by atoms with van der Waals surface area (Å²) < 4.78 is 1.64. The summed E-state index contributed by atoms with van der Waals surface area (Å²) in [4.78, 5) is 25.8. The van der Waals surface area contributed by atoms with Crippen molar-refractivity contribution in [2.24, 2.45) is 11.8 Å². The molecule has 2 heterocycles. The van der Waals surface area contributed by atoms with Crippen LogP contribution in [0.25, 0.3) is 5.69 Å². The maximum absolute atomic E-state index is 13.0. The number of carboxylic acids is 1. The van der Waals surface area contributed by atoms with Gasteiger partial charge in [-0.3, -0.25) is 9.59 Å². The summed E-state index contributed by atoms with van der Waals surface area (Å²) in [5.74, 6) is -1.77. The topological polar surface area (TPSA) is 88.3 Å². The Morgan fingerprint density at radius 3 is 2.73 bits per heavy atom. The zero-order valence-electron chi connectivity index (χ0n) is 14.7. The number of likely N-dealkylation sites (tertiary alicyclic amines) is 1. The number of nitrogens with zero attached hydrogens (tertiary/aromatic N) is 4. The van der Waals surface area contributed by atoms with Crippen molar-refractivity contribution in [3.63, 3.8) is 0 Å². The third-order valence-corrected chi connectivity index (χ3v) is 4.96. The Morgan fingerprint density at radius 2 is 2.12 bits per heavy atom. The molecular weight excluding hydrogens is 356 g/mol. The van der Waals surface area contributed by atoms with Gasteiger partial charge < -0.3 is 10.0 Å². The number of halogens is 1. The highest BCUT2D eigenvalue weighted by atomic mass is 35.5.